The van der Waals surface area contributed by atoms with Gasteiger partial charge in [0.2, 0.25) is 0 Å². The summed E-state index contributed by atoms with van der Waals surface area (Å²) in [6, 6.07) is 0. The fourth-order valence-electron chi connectivity index (χ4n) is 8.45. The third-order valence-corrected chi connectivity index (χ3v) is 22.2. The van der Waals surface area contributed by atoms with Crippen LogP contribution in [0.2, 0.25) is 36.3 Å². The summed E-state index contributed by atoms with van der Waals surface area (Å²) in [4.78, 5) is 0. The smallest absolute Gasteiger partial charge is 0.192 e. The van der Waals surface area contributed by atoms with Crippen molar-refractivity contribution in [1.29, 1.82) is 0 Å². The zero-order valence-corrected chi connectivity index (χ0v) is 32.9. The highest BCUT2D eigenvalue weighted by Gasteiger charge is 2.50. The summed E-state index contributed by atoms with van der Waals surface area (Å²) in [6.45, 7) is 30.5. The van der Waals surface area contributed by atoms with Gasteiger partial charge in [-0.3, -0.25) is 0 Å². The molecule has 0 radical (unpaired) electrons. The second kappa shape index (κ2) is 14.1. The van der Waals surface area contributed by atoms with Crippen LogP contribution in [0.25, 0.3) is 0 Å². The molecule has 1 unspecified atom stereocenters. The number of fused-ring (bicyclic) bond motifs is 1. The number of rotatable bonds is 10. The highest BCUT2D eigenvalue weighted by Crippen LogP contribution is 2.60. The van der Waals surface area contributed by atoms with Gasteiger partial charge in [0.15, 0.2) is 22.9 Å². The van der Waals surface area contributed by atoms with E-state index < -0.39 is 16.6 Å². The van der Waals surface area contributed by atoms with Crippen LogP contribution >= 0.6 is 0 Å². The Morgan fingerprint density at radius 1 is 0.886 bits per heavy atom. The first-order valence-corrected chi connectivity index (χ1v) is 24.1. The van der Waals surface area contributed by atoms with Crippen molar-refractivity contribution in [3.05, 3.63) is 23.3 Å². The molecule has 1 heterocycles. The summed E-state index contributed by atoms with van der Waals surface area (Å²) in [6.07, 6.45) is 19.1. The van der Waals surface area contributed by atoms with Crippen molar-refractivity contribution in [1.82, 2.24) is 0 Å². The van der Waals surface area contributed by atoms with E-state index in [1.807, 2.05) is 0 Å². The van der Waals surface area contributed by atoms with Crippen molar-refractivity contribution >= 4 is 16.6 Å². The van der Waals surface area contributed by atoms with E-state index in [2.05, 4.69) is 93.7 Å². The van der Waals surface area contributed by atoms with Crippen molar-refractivity contribution in [2.75, 3.05) is 13.2 Å². The number of allylic oxidation sites excluding steroid dienone is 3. The van der Waals surface area contributed by atoms with E-state index in [1.165, 1.54) is 44.9 Å². The Labute approximate surface area is 274 Å². The van der Waals surface area contributed by atoms with Crippen molar-refractivity contribution in [3.63, 3.8) is 0 Å². The molecule has 0 bridgehead atoms. The van der Waals surface area contributed by atoms with E-state index in [9.17, 15) is 0 Å². The predicted molar refractivity (Wildman–Crippen MR) is 191 cm³/mol. The molecule has 0 spiro atoms. The van der Waals surface area contributed by atoms with Gasteiger partial charge in [-0.2, -0.15) is 0 Å². The Kier molecular flexibility index (Phi) is 11.7. The van der Waals surface area contributed by atoms with Gasteiger partial charge in [-0.1, -0.05) is 85.1 Å². The minimum atomic E-state index is -1.87. The molecule has 4 nitrogen and oxygen atoms in total. The van der Waals surface area contributed by atoms with Gasteiger partial charge in [-0.15, -0.1) is 0 Å². The molecule has 4 fully saturated rings. The SMILES string of the molecule is CC(CCCC1OCCO1)[C@H]1CC[C@H]2C(=CC=C3C[C@@H](O[Si](C)(C)C(C)(C)C)C[C@H](O[Si](C)(C)C(C)(C)C)C3)CCC[C@]12C. The summed E-state index contributed by atoms with van der Waals surface area (Å²) >= 11 is 0. The molecule has 1 aliphatic heterocycles. The first-order chi connectivity index (χ1) is 20.3. The van der Waals surface area contributed by atoms with Gasteiger partial charge in [-0.05, 0) is 124 Å². The molecule has 3 saturated carbocycles. The Hall–Kier alpha value is -0.246. The van der Waals surface area contributed by atoms with Crippen LogP contribution in [0.1, 0.15) is 126 Å². The van der Waals surface area contributed by atoms with E-state index in [1.54, 1.807) is 11.1 Å². The molecule has 0 N–H and O–H groups in total. The zero-order valence-electron chi connectivity index (χ0n) is 30.9. The molecule has 44 heavy (non-hydrogen) atoms. The van der Waals surface area contributed by atoms with Crippen LogP contribution in [0.4, 0.5) is 0 Å². The van der Waals surface area contributed by atoms with E-state index in [0.29, 0.717) is 5.41 Å². The minimum absolute atomic E-state index is 0.0462. The normalized spacial score (nSPS) is 32.7. The average molecular weight is 647 g/mol. The largest absolute Gasteiger partial charge is 0.414 e. The molecule has 4 rings (SSSR count). The monoisotopic (exact) mass is 646 g/mol. The van der Waals surface area contributed by atoms with Crippen LogP contribution in [0.15, 0.2) is 23.3 Å². The van der Waals surface area contributed by atoms with E-state index in [0.717, 1.165) is 56.7 Å². The van der Waals surface area contributed by atoms with Gasteiger partial charge in [0.05, 0.1) is 25.4 Å². The van der Waals surface area contributed by atoms with Crippen molar-refractivity contribution < 1.29 is 18.3 Å². The summed E-state index contributed by atoms with van der Waals surface area (Å²) < 4.78 is 25.6. The molecule has 1 saturated heterocycles. The average Bonchev–Trinajstić information content (AvgIpc) is 3.53. The molecule has 6 heteroatoms. The van der Waals surface area contributed by atoms with Crippen LogP contribution in [0.3, 0.4) is 0 Å². The number of hydrogen-bond acceptors (Lipinski definition) is 4. The second-order valence-electron chi connectivity index (χ2n) is 18.4. The lowest BCUT2D eigenvalue weighted by atomic mass is 9.60. The van der Waals surface area contributed by atoms with Crippen LogP contribution in [-0.2, 0) is 18.3 Å². The van der Waals surface area contributed by atoms with Crippen LogP contribution in [0.5, 0.6) is 0 Å². The lowest BCUT2D eigenvalue weighted by molar-refractivity contribution is -0.0491. The van der Waals surface area contributed by atoms with Gasteiger partial charge >= 0.3 is 0 Å². The molecule has 0 amide bonds. The second-order valence-corrected chi connectivity index (χ2v) is 27.9. The molecular formula is C38H70O4Si2. The van der Waals surface area contributed by atoms with Crippen LogP contribution in [0, 0.1) is 23.2 Å². The quantitative estimate of drug-likeness (QED) is 0.221. The standard InChI is InChI=1S/C38H70O4Si2/c1-28(15-13-17-35-39-23-24-40-35)33-20-21-34-30(16-14-22-38(33,34)8)19-18-29-25-31(41-43(9,10)36(2,3)4)27-32(26-29)42-44(11,12)37(5,6)7/h18-19,28,31-35H,13-17,20-27H2,1-12H3/t28?,31-,32-,33-,34+,38-/m1/s1. The van der Waals surface area contributed by atoms with Crippen molar-refractivity contribution in [2.24, 2.45) is 23.2 Å². The Bertz CT molecular complexity index is 975. The first kappa shape index (κ1) is 36.6. The zero-order chi connectivity index (χ0) is 32.6. The van der Waals surface area contributed by atoms with Gasteiger partial charge in [0, 0.05) is 0 Å². The molecular weight excluding hydrogens is 577 g/mol. The van der Waals surface area contributed by atoms with Crippen LogP contribution in [-0.4, -0.2) is 48.3 Å². The third-order valence-electron chi connectivity index (χ3n) is 13.1. The van der Waals surface area contributed by atoms with E-state index >= 15 is 0 Å². The number of hydrogen-bond donors (Lipinski definition) is 0. The van der Waals surface area contributed by atoms with Crippen molar-refractivity contribution in [2.45, 2.75) is 181 Å². The van der Waals surface area contributed by atoms with E-state index in [-0.39, 0.29) is 28.6 Å². The molecule has 254 valence electrons. The fourth-order valence-corrected chi connectivity index (χ4v) is 11.2. The van der Waals surface area contributed by atoms with Gasteiger partial charge in [0.25, 0.3) is 0 Å². The lowest BCUT2D eigenvalue weighted by Gasteiger charge is -2.45. The number of ether oxygens (including phenoxy) is 2. The molecule has 0 aromatic rings. The molecule has 4 aliphatic rings. The maximum absolute atomic E-state index is 7.08. The highest BCUT2D eigenvalue weighted by atomic mass is 28.4. The summed E-state index contributed by atoms with van der Waals surface area (Å²) in [5, 5.41) is 0.430. The molecule has 6 atom stereocenters. The van der Waals surface area contributed by atoms with Crippen LogP contribution < -0.4 is 0 Å². The lowest BCUT2D eigenvalue weighted by Crippen LogP contribution is -2.48. The Morgan fingerprint density at radius 2 is 1.45 bits per heavy atom. The Balaban J connectivity index is 1.48. The van der Waals surface area contributed by atoms with Gasteiger partial charge < -0.3 is 18.3 Å². The summed E-state index contributed by atoms with van der Waals surface area (Å²) in [7, 11) is -3.73. The summed E-state index contributed by atoms with van der Waals surface area (Å²) in [5.74, 6) is 2.34. The maximum atomic E-state index is 7.08. The van der Waals surface area contributed by atoms with Crippen molar-refractivity contribution in [3.8, 4) is 0 Å². The van der Waals surface area contributed by atoms with Gasteiger partial charge in [-0.25, -0.2) is 0 Å². The Morgan fingerprint density at radius 3 is 2.00 bits per heavy atom. The third kappa shape index (κ3) is 8.61. The first-order valence-electron chi connectivity index (χ1n) is 18.3. The predicted octanol–water partition coefficient (Wildman–Crippen LogP) is 11.2. The molecule has 0 aromatic heterocycles. The minimum Gasteiger partial charge on any atom is -0.414 e. The highest BCUT2D eigenvalue weighted by molar-refractivity contribution is 6.74. The van der Waals surface area contributed by atoms with Gasteiger partial charge in [0.1, 0.15) is 0 Å². The molecule has 3 aliphatic carbocycles. The topological polar surface area (TPSA) is 36.9 Å². The summed E-state index contributed by atoms with van der Waals surface area (Å²) in [5.41, 5.74) is 3.71. The maximum Gasteiger partial charge on any atom is 0.192 e. The molecule has 0 aromatic carbocycles. The fraction of sp³-hybridized carbons (Fsp3) is 0.895. The van der Waals surface area contributed by atoms with E-state index in [4.69, 9.17) is 18.3 Å².